The molecule has 0 spiro atoms. The molecule has 6 heteroatoms. The molecule has 0 aliphatic carbocycles. The summed E-state index contributed by atoms with van der Waals surface area (Å²) in [7, 11) is 0. The first-order valence-electron chi connectivity index (χ1n) is 9.42. The number of likely N-dealkylation sites (tertiary alicyclic amines) is 1. The molecule has 1 aliphatic rings. The lowest BCUT2D eigenvalue weighted by Gasteiger charge is -2.33. The standard InChI is InChI=1S/C21H26N2O4/c24-19(16-27-21-9-5-4-8-20(21)23(25)26)15-22-12-10-18(11-13-22)14-17-6-2-1-3-7-17/h1-9,18-19,24H,10-16H2/t19-/m0/s1. The number of nitrogens with zero attached hydrogens (tertiary/aromatic N) is 2. The van der Waals surface area contributed by atoms with Crippen molar-refractivity contribution in [1.82, 2.24) is 4.90 Å². The first-order chi connectivity index (χ1) is 13.1. The van der Waals surface area contributed by atoms with E-state index in [-0.39, 0.29) is 18.0 Å². The number of benzene rings is 2. The van der Waals surface area contributed by atoms with Crippen LogP contribution in [0.1, 0.15) is 18.4 Å². The molecule has 1 heterocycles. The van der Waals surface area contributed by atoms with Crippen LogP contribution >= 0.6 is 0 Å². The number of ether oxygens (including phenoxy) is 1. The van der Waals surface area contributed by atoms with E-state index in [1.807, 2.05) is 6.07 Å². The van der Waals surface area contributed by atoms with Crippen molar-refractivity contribution >= 4 is 5.69 Å². The van der Waals surface area contributed by atoms with Gasteiger partial charge < -0.3 is 14.7 Å². The fraction of sp³-hybridized carbons (Fsp3) is 0.429. The molecule has 2 aromatic rings. The van der Waals surface area contributed by atoms with E-state index < -0.39 is 11.0 Å². The van der Waals surface area contributed by atoms with Gasteiger partial charge in [-0.25, -0.2) is 0 Å². The first-order valence-corrected chi connectivity index (χ1v) is 9.42. The Bertz CT molecular complexity index is 730. The summed E-state index contributed by atoms with van der Waals surface area (Å²) >= 11 is 0. The van der Waals surface area contributed by atoms with E-state index in [4.69, 9.17) is 4.74 Å². The zero-order chi connectivity index (χ0) is 19.1. The molecule has 0 aromatic heterocycles. The van der Waals surface area contributed by atoms with Crippen molar-refractivity contribution in [3.8, 4) is 5.75 Å². The highest BCUT2D eigenvalue weighted by molar-refractivity contribution is 5.45. The third-order valence-corrected chi connectivity index (χ3v) is 5.04. The van der Waals surface area contributed by atoms with Gasteiger partial charge in [-0.3, -0.25) is 10.1 Å². The number of aliphatic hydroxyl groups excluding tert-OH is 1. The molecule has 0 bridgehead atoms. The molecule has 6 nitrogen and oxygen atoms in total. The topological polar surface area (TPSA) is 75.8 Å². The molecule has 0 saturated carbocycles. The number of aliphatic hydroxyl groups is 1. The number of para-hydroxylation sites is 2. The summed E-state index contributed by atoms with van der Waals surface area (Å²) in [6.07, 6.45) is 2.67. The minimum absolute atomic E-state index is 0.0504. The smallest absolute Gasteiger partial charge is 0.310 e. The molecule has 27 heavy (non-hydrogen) atoms. The largest absolute Gasteiger partial charge is 0.484 e. The van der Waals surface area contributed by atoms with Gasteiger partial charge in [-0.1, -0.05) is 42.5 Å². The molecule has 1 saturated heterocycles. The molecule has 1 aliphatic heterocycles. The normalized spacial score (nSPS) is 16.8. The van der Waals surface area contributed by atoms with Crippen molar-refractivity contribution < 1.29 is 14.8 Å². The van der Waals surface area contributed by atoms with E-state index in [1.165, 1.54) is 11.6 Å². The van der Waals surface area contributed by atoms with Gasteiger partial charge in [0, 0.05) is 12.6 Å². The number of hydrogen-bond acceptors (Lipinski definition) is 5. The van der Waals surface area contributed by atoms with Crippen LogP contribution in [0.15, 0.2) is 54.6 Å². The van der Waals surface area contributed by atoms with Crippen LogP contribution in [0.3, 0.4) is 0 Å². The van der Waals surface area contributed by atoms with Gasteiger partial charge in [-0.05, 0) is 49.9 Å². The van der Waals surface area contributed by atoms with Crippen molar-refractivity contribution in [1.29, 1.82) is 0 Å². The van der Waals surface area contributed by atoms with Crippen molar-refractivity contribution in [2.24, 2.45) is 5.92 Å². The Labute approximate surface area is 159 Å². The highest BCUT2D eigenvalue weighted by Gasteiger charge is 2.22. The summed E-state index contributed by atoms with van der Waals surface area (Å²) in [6, 6.07) is 16.8. The highest BCUT2D eigenvalue weighted by atomic mass is 16.6. The SMILES string of the molecule is O=[N+]([O-])c1ccccc1OC[C@@H](O)CN1CCC(Cc2ccccc2)CC1. The van der Waals surface area contributed by atoms with Crippen LogP contribution in [0, 0.1) is 16.0 Å². The molecular weight excluding hydrogens is 344 g/mol. The summed E-state index contributed by atoms with van der Waals surface area (Å²) < 4.78 is 5.48. The molecule has 0 unspecified atom stereocenters. The molecule has 0 amide bonds. The van der Waals surface area contributed by atoms with Crippen molar-refractivity contribution in [3.05, 3.63) is 70.3 Å². The van der Waals surface area contributed by atoms with Crippen LogP contribution in [-0.2, 0) is 6.42 Å². The Morgan fingerprint density at radius 1 is 1.11 bits per heavy atom. The summed E-state index contributed by atoms with van der Waals surface area (Å²) in [4.78, 5) is 12.8. The maximum absolute atomic E-state index is 11.0. The molecule has 2 aromatic carbocycles. The molecule has 0 radical (unpaired) electrons. The summed E-state index contributed by atoms with van der Waals surface area (Å²) in [5.74, 6) is 0.882. The van der Waals surface area contributed by atoms with Crippen LogP contribution < -0.4 is 4.74 Å². The van der Waals surface area contributed by atoms with E-state index in [1.54, 1.807) is 18.2 Å². The van der Waals surface area contributed by atoms with Crippen LogP contribution in [0.2, 0.25) is 0 Å². The van der Waals surface area contributed by atoms with Gasteiger partial charge in [0.2, 0.25) is 0 Å². The van der Waals surface area contributed by atoms with Gasteiger partial charge in [-0.2, -0.15) is 0 Å². The Morgan fingerprint density at radius 2 is 1.78 bits per heavy atom. The number of piperidine rings is 1. The van der Waals surface area contributed by atoms with Crippen LogP contribution in [-0.4, -0.2) is 47.3 Å². The van der Waals surface area contributed by atoms with Gasteiger partial charge >= 0.3 is 5.69 Å². The van der Waals surface area contributed by atoms with Crippen molar-refractivity contribution in [2.75, 3.05) is 26.2 Å². The van der Waals surface area contributed by atoms with Crippen LogP contribution in [0.4, 0.5) is 5.69 Å². The second-order valence-electron chi connectivity index (χ2n) is 7.12. The lowest BCUT2D eigenvalue weighted by atomic mass is 9.90. The average Bonchev–Trinajstić information content (AvgIpc) is 2.69. The fourth-order valence-electron chi connectivity index (χ4n) is 3.59. The minimum atomic E-state index is -0.671. The molecule has 3 rings (SSSR count). The maximum Gasteiger partial charge on any atom is 0.310 e. The molecule has 144 valence electrons. The van der Waals surface area contributed by atoms with E-state index in [0.29, 0.717) is 12.5 Å². The summed E-state index contributed by atoms with van der Waals surface area (Å²) in [5, 5.41) is 21.3. The minimum Gasteiger partial charge on any atom is -0.484 e. The van der Waals surface area contributed by atoms with Gasteiger partial charge in [0.15, 0.2) is 5.75 Å². The molecular formula is C21H26N2O4. The number of rotatable bonds is 8. The average molecular weight is 370 g/mol. The maximum atomic E-state index is 11.0. The molecule has 1 N–H and O–H groups in total. The third-order valence-electron chi connectivity index (χ3n) is 5.04. The molecule has 1 fully saturated rings. The second kappa shape index (κ2) is 9.48. The van der Waals surface area contributed by atoms with Gasteiger partial charge in [0.1, 0.15) is 12.7 Å². The predicted octanol–water partition coefficient (Wildman–Crippen LogP) is 3.29. The third kappa shape index (κ3) is 5.77. The lowest BCUT2D eigenvalue weighted by molar-refractivity contribution is -0.385. The zero-order valence-electron chi connectivity index (χ0n) is 15.4. The van der Waals surface area contributed by atoms with Gasteiger partial charge in [-0.15, -0.1) is 0 Å². The van der Waals surface area contributed by atoms with Crippen molar-refractivity contribution in [3.63, 3.8) is 0 Å². The zero-order valence-corrected chi connectivity index (χ0v) is 15.4. The monoisotopic (exact) mass is 370 g/mol. The lowest BCUT2D eigenvalue weighted by Crippen LogP contribution is -2.41. The quantitative estimate of drug-likeness (QED) is 0.570. The van der Waals surface area contributed by atoms with E-state index in [9.17, 15) is 15.2 Å². The number of β-amino-alcohol motifs (C(OH)–C–C–N with tert-alkyl or cyclic N) is 1. The predicted molar refractivity (Wildman–Crippen MR) is 104 cm³/mol. The Morgan fingerprint density at radius 3 is 2.48 bits per heavy atom. The van der Waals surface area contributed by atoms with E-state index >= 15 is 0 Å². The van der Waals surface area contributed by atoms with Gasteiger partial charge in [0.05, 0.1) is 4.92 Å². The Kier molecular flexibility index (Phi) is 6.79. The number of nitro groups is 1. The first kappa shape index (κ1) is 19.3. The van der Waals surface area contributed by atoms with E-state index in [0.717, 1.165) is 32.4 Å². The van der Waals surface area contributed by atoms with Crippen molar-refractivity contribution in [2.45, 2.75) is 25.4 Å². The van der Waals surface area contributed by atoms with E-state index in [2.05, 4.69) is 29.2 Å². The van der Waals surface area contributed by atoms with Crippen LogP contribution in [0.25, 0.3) is 0 Å². The van der Waals surface area contributed by atoms with Crippen LogP contribution in [0.5, 0.6) is 5.75 Å². The van der Waals surface area contributed by atoms with Gasteiger partial charge in [0.25, 0.3) is 0 Å². The fourth-order valence-corrected chi connectivity index (χ4v) is 3.59. The second-order valence-corrected chi connectivity index (χ2v) is 7.12. The number of hydrogen-bond donors (Lipinski definition) is 1. The number of nitro benzene ring substituents is 1. The summed E-state index contributed by atoms with van der Waals surface area (Å²) in [5.41, 5.74) is 1.31. The summed E-state index contributed by atoms with van der Waals surface area (Å²) in [6.45, 7) is 2.49. The Balaban J connectivity index is 1.41. The molecule has 1 atom stereocenters. The highest BCUT2D eigenvalue weighted by Crippen LogP contribution is 2.26. The Hall–Kier alpha value is -2.44.